The summed E-state index contributed by atoms with van der Waals surface area (Å²) in [5, 5.41) is 11.1. The Hall–Kier alpha value is -1.41. The maximum atomic E-state index is 8.78. The molecule has 1 N–H and O–H groups in total. The summed E-state index contributed by atoms with van der Waals surface area (Å²) in [6, 6.07) is 8.15. The molecule has 0 saturated heterocycles. The summed E-state index contributed by atoms with van der Waals surface area (Å²) in [5.74, 6) is 0. The second-order valence-electron chi connectivity index (χ2n) is 3.03. The molecule has 2 rings (SSSR count). The van der Waals surface area contributed by atoms with Gasteiger partial charge in [0.25, 0.3) is 0 Å². The third-order valence-electron chi connectivity index (χ3n) is 2.11. The van der Waals surface area contributed by atoms with Crippen molar-refractivity contribution in [2.24, 2.45) is 0 Å². The van der Waals surface area contributed by atoms with Crippen molar-refractivity contribution < 1.29 is 5.11 Å². The maximum Gasteiger partial charge on any atom is 0.0471 e. The van der Waals surface area contributed by atoms with Crippen LogP contribution < -0.4 is 0 Å². The van der Waals surface area contributed by atoms with E-state index in [9.17, 15) is 0 Å². The fourth-order valence-electron chi connectivity index (χ4n) is 1.42. The molecule has 0 atom stereocenters. The van der Waals surface area contributed by atoms with E-state index in [1.165, 1.54) is 5.39 Å². The lowest BCUT2D eigenvalue weighted by Gasteiger charge is -2.00. The molecule has 0 aliphatic rings. The smallest absolute Gasteiger partial charge is 0.0471 e. The highest BCUT2D eigenvalue weighted by molar-refractivity contribution is 5.81. The van der Waals surface area contributed by atoms with E-state index >= 15 is 0 Å². The summed E-state index contributed by atoms with van der Waals surface area (Å²) in [4.78, 5) is 4.05. The van der Waals surface area contributed by atoms with Crippen molar-refractivity contribution in [3.05, 3.63) is 42.2 Å². The lowest BCUT2D eigenvalue weighted by molar-refractivity contribution is 0.299. The monoisotopic (exact) mass is 173 g/mol. The van der Waals surface area contributed by atoms with E-state index in [0.717, 1.165) is 10.9 Å². The van der Waals surface area contributed by atoms with Gasteiger partial charge in [-0.2, -0.15) is 0 Å². The predicted molar refractivity (Wildman–Crippen MR) is 52.5 cm³/mol. The van der Waals surface area contributed by atoms with Crippen LogP contribution in [0.4, 0.5) is 0 Å². The molecule has 0 spiro atoms. The summed E-state index contributed by atoms with van der Waals surface area (Å²) in [6.45, 7) is 0.200. The first-order valence-electron chi connectivity index (χ1n) is 4.33. The van der Waals surface area contributed by atoms with E-state index in [0.29, 0.717) is 6.42 Å². The molecule has 66 valence electrons. The van der Waals surface area contributed by atoms with Gasteiger partial charge in [0.15, 0.2) is 0 Å². The standard InChI is InChI=1S/C11H11NO/c13-6-4-9-1-2-10-3-5-12-8-11(10)7-9/h1-3,5,7-8,13H,4,6H2. The molecule has 0 aliphatic heterocycles. The molecule has 0 aliphatic carbocycles. The maximum absolute atomic E-state index is 8.78. The zero-order valence-corrected chi connectivity index (χ0v) is 7.27. The van der Waals surface area contributed by atoms with Crippen molar-refractivity contribution in [3.8, 4) is 0 Å². The molecule has 0 fully saturated rings. The summed E-state index contributed by atoms with van der Waals surface area (Å²) in [6.07, 6.45) is 4.34. The highest BCUT2D eigenvalue weighted by atomic mass is 16.2. The van der Waals surface area contributed by atoms with Gasteiger partial charge in [0.1, 0.15) is 0 Å². The summed E-state index contributed by atoms with van der Waals surface area (Å²) < 4.78 is 0. The number of aliphatic hydroxyl groups excluding tert-OH is 1. The van der Waals surface area contributed by atoms with Crippen molar-refractivity contribution >= 4 is 10.8 Å². The normalized spacial score (nSPS) is 10.5. The van der Waals surface area contributed by atoms with Gasteiger partial charge in [0.2, 0.25) is 0 Å². The number of benzene rings is 1. The van der Waals surface area contributed by atoms with E-state index in [-0.39, 0.29) is 6.61 Å². The minimum atomic E-state index is 0.200. The zero-order chi connectivity index (χ0) is 9.10. The quantitative estimate of drug-likeness (QED) is 0.750. The first-order chi connectivity index (χ1) is 6.40. The zero-order valence-electron chi connectivity index (χ0n) is 7.27. The van der Waals surface area contributed by atoms with Gasteiger partial charge in [-0.3, -0.25) is 4.98 Å². The number of hydrogen-bond acceptors (Lipinski definition) is 2. The molecule has 0 saturated carbocycles. The first kappa shape index (κ1) is 8.20. The molecule has 2 heteroatoms. The van der Waals surface area contributed by atoms with Gasteiger partial charge >= 0.3 is 0 Å². The molecular formula is C11H11NO. The lowest BCUT2D eigenvalue weighted by atomic mass is 10.1. The molecule has 1 aromatic heterocycles. The van der Waals surface area contributed by atoms with E-state index < -0.39 is 0 Å². The second-order valence-corrected chi connectivity index (χ2v) is 3.03. The molecule has 1 aromatic carbocycles. The number of rotatable bonds is 2. The van der Waals surface area contributed by atoms with Gasteiger partial charge in [-0.05, 0) is 29.5 Å². The fraction of sp³-hybridized carbons (Fsp3) is 0.182. The average Bonchev–Trinajstić information content (AvgIpc) is 2.18. The second kappa shape index (κ2) is 3.54. The van der Waals surface area contributed by atoms with Gasteiger partial charge in [-0.15, -0.1) is 0 Å². The molecule has 2 aromatic rings. The van der Waals surface area contributed by atoms with Gasteiger partial charge in [-0.25, -0.2) is 0 Å². The van der Waals surface area contributed by atoms with E-state index in [1.807, 2.05) is 18.3 Å². The van der Waals surface area contributed by atoms with Gasteiger partial charge in [0.05, 0.1) is 0 Å². The molecular weight excluding hydrogens is 162 g/mol. The number of pyridine rings is 1. The van der Waals surface area contributed by atoms with Crippen molar-refractivity contribution in [2.75, 3.05) is 6.61 Å². The molecule has 0 bridgehead atoms. The minimum absolute atomic E-state index is 0.200. The van der Waals surface area contributed by atoms with Crippen LogP contribution in [-0.2, 0) is 6.42 Å². The van der Waals surface area contributed by atoms with E-state index in [4.69, 9.17) is 5.11 Å². The molecule has 2 nitrogen and oxygen atoms in total. The van der Waals surface area contributed by atoms with Crippen LogP contribution in [0, 0.1) is 0 Å². The van der Waals surface area contributed by atoms with Crippen molar-refractivity contribution in [3.63, 3.8) is 0 Å². The number of fused-ring (bicyclic) bond motifs is 1. The van der Waals surface area contributed by atoms with Crippen LogP contribution in [0.5, 0.6) is 0 Å². The van der Waals surface area contributed by atoms with Crippen LogP contribution in [0.25, 0.3) is 10.8 Å². The highest BCUT2D eigenvalue weighted by Crippen LogP contribution is 2.14. The summed E-state index contributed by atoms with van der Waals surface area (Å²) in [5.41, 5.74) is 1.16. The Morgan fingerprint density at radius 2 is 2.08 bits per heavy atom. The van der Waals surface area contributed by atoms with Crippen LogP contribution in [0.2, 0.25) is 0 Å². The summed E-state index contributed by atoms with van der Waals surface area (Å²) in [7, 11) is 0. The largest absolute Gasteiger partial charge is 0.396 e. The van der Waals surface area contributed by atoms with Crippen molar-refractivity contribution in [1.29, 1.82) is 0 Å². The van der Waals surface area contributed by atoms with Crippen molar-refractivity contribution in [1.82, 2.24) is 4.98 Å². The number of aromatic nitrogens is 1. The summed E-state index contributed by atoms with van der Waals surface area (Å²) >= 11 is 0. The van der Waals surface area contributed by atoms with Gasteiger partial charge in [0, 0.05) is 24.4 Å². The molecule has 0 amide bonds. The predicted octanol–water partition coefficient (Wildman–Crippen LogP) is 1.77. The Kier molecular flexibility index (Phi) is 2.23. The SMILES string of the molecule is OCCc1ccc2ccncc2c1. The van der Waals surface area contributed by atoms with E-state index in [2.05, 4.69) is 17.1 Å². The Morgan fingerprint density at radius 3 is 2.92 bits per heavy atom. The lowest BCUT2D eigenvalue weighted by Crippen LogP contribution is -1.89. The van der Waals surface area contributed by atoms with Crippen LogP contribution >= 0.6 is 0 Å². The molecule has 13 heavy (non-hydrogen) atoms. The first-order valence-corrected chi connectivity index (χ1v) is 4.33. The van der Waals surface area contributed by atoms with Gasteiger partial charge < -0.3 is 5.11 Å². The van der Waals surface area contributed by atoms with Crippen LogP contribution in [0.15, 0.2) is 36.7 Å². The molecule has 0 radical (unpaired) electrons. The van der Waals surface area contributed by atoms with Gasteiger partial charge in [-0.1, -0.05) is 12.1 Å². The third-order valence-corrected chi connectivity index (χ3v) is 2.11. The van der Waals surface area contributed by atoms with Crippen LogP contribution in [-0.4, -0.2) is 16.7 Å². The minimum Gasteiger partial charge on any atom is -0.396 e. The van der Waals surface area contributed by atoms with E-state index in [1.54, 1.807) is 6.20 Å². The Morgan fingerprint density at radius 1 is 1.15 bits per heavy atom. The number of hydrogen-bond donors (Lipinski definition) is 1. The Balaban J connectivity index is 2.49. The Labute approximate surface area is 76.9 Å². The van der Waals surface area contributed by atoms with Crippen LogP contribution in [0.3, 0.4) is 0 Å². The molecule has 1 heterocycles. The van der Waals surface area contributed by atoms with Crippen molar-refractivity contribution in [2.45, 2.75) is 6.42 Å². The Bertz CT molecular complexity index is 412. The average molecular weight is 173 g/mol. The topological polar surface area (TPSA) is 33.1 Å². The van der Waals surface area contributed by atoms with Crippen LogP contribution in [0.1, 0.15) is 5.56 Å². The molecule has 0 unspecified atom stereocenters. The number of aliphatic hydroxyl groups is 1. The third kappa shape index (κ3) is 1.68. The number of nitrogens with zero attached hydrogens (tertiary/aromatic N) is 1. The highest BCUT2D eigenvalue weighted by Gasteiger charge is 1.95. The fourth-order valence-corrected chi connectivity index (χ4v) is 1.42.